The highest BCUT2D eigenvalue weighted by atomic mass is 15.2. The molecule has 0 aliphatic carbocycles. The third-order valence-electron chi connectivity index (χ3n) is 4.78. The lowest BCUT2D eigenvalue weighted by Crippen LogP contribution is -2.31. The Kier molecular flexibility index (Phi) is 4.87. The first-order valence-corrected chi connectivity index (χ1v) is 9.39. The van der Waals surface area contributed by atoms with Crippen LogP contribution >= 0.6 is 0 Å². The highest BCUT2D eigenvalue weighted by Crippen LogP contribution is 2.34. The summed E-state index contributed by atoms with van der Waals surface area (Å²) in [5.74, 6) is 1.96. The lowest BCUT2D eigenvalue weighted by Gasteiger charge is -2.29. The van der Waals surface area contributed by atoms with Crippen molar-refractivity contribution in [3.8, 4) is 11.3 Å². The molecule has 3 heterocycles. The Morgan fingerprint density at radius 2 is 1.81 bits per heavy atom. The van der Waals surface area contributed by atoms with Crippen molar-refractivity contribution in [2.24, 2.45) is 0 Å². The minimum atomic E-state index is 0.463. The molecule has 138 valence electrons. The van der Waals surface area contributed by atoms with E-state index in [1.54, 1.807) is 0 Å². The van der Waals surface area contributed by atoms with Crippen LogP contribution in [0.4, 0.5) is 11.6 Å². The maximum atomic E-state index is 6.37. The number of benzene rings is 1. The molecule has 0 spiro atoms. The molecule has 1 aromatic carbocycles. The van der Waals surface area contributed by atoms with E-state index in [-0.39, 0.29) is 0 Å². The van der Waals surface area contributed by atoms with Crippen molar-refractivity contribution < 1.29 is 0 Å². The van der Waals surface area contributed by atoms with E-state index < -0.39 is 0 Å². The number of nitrogens with two attached hydrogens (primary N) is 1. The Balaban J connectivity index is 1.76. The van der Waals surface area contributed by atoms with Gasteiger partial charge < -0.3 is 10.6 Å². The fraction of sp³-hybridized carbons (Fsp3) is 0.286. The summed E-state index contributed by atoms with van der Waals surface area (Å²) < 4.78 is 0. The molecule has 0 amide bonds. The van der Waals surface area contributed by atoms with Gasteiger partial charge in [-0.2, -0.15) is 5.10 Å². The average Bonchev–Trinajstić information content (AvgIpc) is 3.13. The summed E-state index contributed by atoms with van der Waals surface area (Å²) >= 11 is 0. The molecule has 4 rings (SSSR count). The summed E-state index contributed by atoms with van der Waals surface area (Å²) in [6.07, 6.45) is 7.51. The molecule has 0 saturated carbocycles. The molecule has 0 bridgehead atoms. The van der Waals surface area contributed by atoms with E-state index in [2.05, 4.69) is 20.1 Å². The Morgan fingerprint density at radius 1 is 1.04 bits per heavy atom. The van der Waals surface area contributed by atoms with Crippen molar-refractivity contribution in [2.75, 3.05) is 23.7 Å². The average molecular weight is 360 g/mol. The number of hydrogen-bond acceptors (Lipinski definition) is 5. The third kappa shape index (κ3) is 3.84. The van der Waals surface area contributed by atoms with Gasteiger partial charge in [0.1, 0.15) is 11.6 Å². The van der Waals surface area contributed by atoms with E-state index in [4.69, 9.17) is 10.7 Å². The van der Waals surface area contributed by atoms with Crippen LogP contribution in [-0.2, 0) is 0 Å². The van der Waals surface area contributed by atoms with Crippen LogP contribution in [0.1, 0.15) is 36.3 Å². The standard InChI is InChI=1S/C21H24N6/c1-15-14-17(26-25-15)19-20(22)23-18(11-10-16-8-4-2-5-9-16)24-21(19)27-12-6-3-7-13-27/h2,4-5,8-11,14H,3,6-7,12-13H2,1H3,(H,25,26)(H2,22,23,24). The van der Waals surface area contributed by atoms with Crippen molar-refractivity contribution in [1.29, 1.82) is 0 Å². The summed E-state index contributed by atoms with van der Waals surface area (Å²) in [4.78, 5) is 11.7. The van der Waals surface area contributed by atoms with Crippen molar-refractivity contribution in [3.05, 3.63) is 53.5 Å². The SMILES string of the molecule is Cc1cc(-c2c(N)nc(C=Cc3ccccc3)nc2N2CCCCC2)n[nH]1. The zero-order valence-corrected chi connectivity index (χ0v) is 15.5. The number of nitrogens with one attached hydrogen (secondary N) is 1. The second kappa shape index (κ2) is 7.61. The van der Waals surface area contributed by atoms with E-state index in [0.29, 0.717) is 11.6 Å². The topological polar surface area (TPSA) is 83.7 Å². The van der Waals surface area contributed by atoms with Gasteiger partial charge in [0, 0.05) is 18.8 Å². The number of nitrogens with zero attached hydrogens (tertiary/aromatic N) is 4. The Morgan fingerprint density at radius 3 is 2.52 bits per heavy atom. The summed E-state index contributed by atoms with van der Waals surface area (Å²) in [5, 5.41) is 7.39. The van der Waals surface area contributed by atoms with E-state index >= 15 is 0 Å². The number of aryl methyl sites for hydroxylation is 1. The lowest BCUT2D eigenvalue weighted by molar-refractivity contribution is 0.573. The fourth-order valence-corrected chi connectivity index (χ4v) is 3.42. The molecule has 0 atom stereocenters. The van der Waals surface area contributed by atoms with Crippen LogP contribution in [0.25, 0.3) is 23.4 Å². The van der Waals surface area contributed by atoms with Crippen LogP contribution in [0.15, 0.2) is 36.4 Å². The van der Waals surface area contributed by atoms with Crippen LogP contribution < -0.4 is 10.6 Å². The minimum Gasteiger partial charge on any atom is -0.383 e. The van der Waals surface area contributed by atoms with Gasteiger partial charge in [-0.25, -0.2) is 9.97 Å². The highest BCUT2D eigenvalue weighted by Gasteiger charge is 2.22. The maximum absolute atomic E-state index is 6.37. The molecule has 0 unspecified atom stereocenters. The smallest absolute Gasteiger partial charge is 0.156 e. The molecule has 3 N–H and O–H groups in total. The normalized spacial score (nSPS) is 14.8. The quantitative estimate of drug-likeness (QED) is 0.737. The monoisotopic (exact) mass is 360 g/mol. The molecule has 1 aliphatic heterocycles. The van der Waals surface area contributed by atoms with Crippen molar-refractivity contribution in [2.45, 2.75) is 26.2 Å². The van der Waals surface area contributed by atoms with Gasteiger partial charge in [-0.3, -0.25) is 5.10 Å². The third-order valence-corrected chi connectivity index (χ3v) is 4.78. The zero-order chi connectivity index (χ0) is 18.6. The number of aromatic amines is 1. The first-order chi connectivity index (χ1) is 13.2. The van der Waals surface area contributed by atoms with Gasteiger partial charge in [0.2, 0.25) is 0 Å². The summed E-state index contributed by atoms with van der Waals surface area (Å²) in [6.45, 7) is 3.94. The second-order valence-electron chi connectivity index (χ2n) is 6.89. The Hall–Kier alpha value is -3.15. The van der Waals surface area contributed by atoms with E-state index in [1.807, 2.05) is 55.5 Å². The zero-order valence-electron chi connectivity index (χ0n) is 15.5. The molecule has 6 heteroatoms. The van der Waals surface area contributed by atoms with Gasteiger partial charge in [-0.1, -0.05) is 36.4 Å². The number of aromatic nitrogens is 4. The molecule has 0 radical (unpaired) electrons. The number of H-pyrrole nitrogens is 1. The summed E-state index contributed by atoms with van der Waals surface area (Å²) in [6, 6.07) is 12.1. The first kappa shape index (κ1) is 17.3. The molecular formula is C21H24N6. The van der Waals surface area contributed by atoms with Crippen molar-refractivity contribution in [1.82, 2.24) is 20.2 Å². The van der Waals surface area contributed by atoms with E-state index in [0.717, 1.165) is 54.3 Å². The minimum absolute atomic E-state index is 0.463. The van der Waals surface area contributed by atoms with Crippen LogP contribution in [0, 0.1) is 6.92 Å². The number of nitrogen functional groups attached to an aromatic ring is 1. The predicted octanol–water partition coefficient (Wildman–Crippen LogP) is 3.92. The number of anilines is 2. The number of hydrogen-bond donors (Lipinski definition) is 2. The number of rotatable bonds is 4. The van der Waals surface area contributed by atoms with Gasteiger partial charge in [-0.15, -0.1) is 0 Å². The molecular weight excluding hydrogens is 336 g/mol. The van der Waals surface area contributed by atoms with Crippen LogP contribution in [0.5, 0.6) is 0 Å². The van der Waals surface area contributed by atoms with Crippen molar-refractivity contribution >= 4 is 23.8 Å². The van der Waals surface area contributed by atoms with E-state index in [1.165, 1.54) is 6.42 Å². The summed E-state index contributed by atoms with van der Waals surface area (Å²) in [5.41, 5.74) is 10.1. The highest BCUT2D eigenvalue weighted by molar-refractivity contribution is 5.83. The van der Waals surface area contributed by atoms with Crippen LogP contribution in [-0.4, -0.2) is 33.3 Å². The summed E-state index contributed by atoms with van der Waals surface area (Å²) in [7, 11) is 0. The fourth-order valence-electron chi connectivity index (χ4n) is 3.42. The van der Waals surface area contributed by atoms with Gasteiger partial charge in [0.15, 0.2) is 5.82 Å². The number of piperidine rings is 1. The molecule has 27 heavy (non-hydrogen) atoms. The molecule has 1 aliphatic rings. The maximum Gasteiger partial charge on any atom is 0.156 e. The first-order valence-electron chi connectivity index (χ1n) is 9.39. The molecule has 1 saturated heterocycles. The lowest BCUT2D eigenvalue weighted by atomic mass is 10.1. The second-order valence-corrected chi connectivity index (χ2v) is 6.89. The Bertz CT molecular complexity index is 939. The molecule has 6 nitrogen and oxygen atoms in total. The molecule has 1 fully saturated rings. The van der Waals surface area contributed by atoms with Crippen molar-refractivity contribution in [3.63, 3.8) is 0 Å². The van der Waals surface area contributed by atoms with Gasteiger partial charge >= 0.3 is 0 Å². The van der Waals surface area contributed by atoms with Gasteiger partial charge in [-0.05, 0) is 43.9 Å². The van der Waals surface area contributed by atoms with E-state index in [9.17, 15) is 0 Å². The largest absolute Gasteiger partial charge is 0.383 e. The van der Waals surface area contributed by atoms with Crippen LogP contribution in [0.2, 0.25) is 0 Å². The van der Waals surface area contributed by atoms with Gasteiger partial charge in [0.25, 0.3) is 0 Å². The predicted molar refractivity (Wildman–Crippen MR) is 110 cm³/mol. The Labute approximate surface area is 159 Å². The van der Waals surface area contributed by atoms with Gasteiger partial charge in [0.05, 0.1) is 11.3 Å². The molecule has 2 aromatic heterocycles. The van der Waals surface area contributed by atoms with Crippen LogP contribution in [0.3, 0.4) is 0 Å². The molecule has 3 aromatic rings.